The summed E-state index contributed by atoms with van der Waals surface area (Å²) in [7, 11) is 0. The summed E-state index contributed by atoms with van der Waals surface area (Å²) < 4.78 is 38.1. The number of carboxylic acids is 1. The molecule has 0 radical (unpaired) electrons. The Kier molecular flexibility index (Phi) is 9.91. The van der Waals surface area contributed by atoms with Crippen LogP contribution >= 0.6 is 11.6 Å². The van der Waals surface area contributed by atoms with Crippen LogP contribution in [0.25, 0.3) is 0 Å². The van der Waals surface area contributed by atoms with E-state index >= 15 is 0 Å². The van der Waals surface area contributed by atoms with Crippen LogP contribution in [0.1, 0.15) is 31.2 Å². The van der Waals surface area contributed by atoms with Gasteiger partial charge in [-0.15, -0.1) is 10.2 Å². The number of likely N-dealkylation sites (tertiary alicyclic amines) is 1. The van der Waals surface area contributed by atoms with Crippen molar-refractivity contribution in [2.24, 2.45) is 0 Å². The molecule has 0 bridgehead atoms. The Hall–Kier alpha value is -2.61. The molecular formula is C25H35ClF3N7O3. The molecule has 3 aliphatic heterocycles. The minimum atomic E-state index is -5.08. The van der Waals surface area contributed by atoms with E-state index in [0.29, 0.717) is 24.1 Å². The number of ether oxygens (including phenoxy) is 1. The number of alkyl halides is 3. The van der Waals surface area contributed by atoms with Gasteiger partial charge in [0.1, 0.15) is 0 Å². The van der Waals surface area contributed by atoms with Crippen molar-refractivity contribution in [3.63, 3.8) is 0 Å². The summed E-state index contributed by atoms with van der Waals surface area (Å²) in [4.78, 5) is 19.5. The third-order valence-electron chi connectivity index (χ3n) is 7.42. The van der Waals surface area contributed by atoms with Gasteiger partial charge in [-0.1, -0.05) is 23.7 Å². The highest BCUT2D eigenvalue weighted by Gasteiger charge is 2.38. The smallest absolute Gasteiger partial charge is 0.475 e. The molecule has 14 heteroatoms. The highest BCUT2D eigenvalue weighted by Crippen LogP contribution is 2.27. The van der Waals surface area contributed by atoms with E-state index in [2.05, 4.69) is 42.0 Å². The van der Waals surface area contributed by atoms with Crippen molar-refractivity contribution in [3.05, 3.63) is 34.9 Å². The number of hydrogen-bond acceptors (Lipinski definition) is 8. The van der Waals surface area contributed by atoms with Crippen molar-refractivity contribution in [2.45, 2.75) is 56.5 Å². The lowest BCUT2D eigenvalue weighted by Crippen LogP contribution is -2.58. The number of nitrogens with two attached hydrogens (primary N) is 1. The van der Waals surface area contributed by atoms with Gasteiger partial charge in [0.05, 0.1) is 12.7 Å². The Morgan fingerprint density at radius 1 is 1.13 bits per heavy atom. The number of benzene rings is 1. The summed E-state index contributed by atoms with van der Waals surface area (Å²) in [6, 6.07) is 9.21. The van der Waals surface area contributed by atoms with Crippen LogP contribution in [0.4, 0.5) is 25.1 Å². The van der Waals surface area contributed by atoms with Crippen molar-refractivity contribution < 1.29 is 27.8 Å². The number of piperidine rings is 1. The highest BCUT2D eigenvalue weighted by atomic mass is 35.5. The van der Waals surface area contributed by atoms with Crippen molar-refractivity contribution in [3.8, 4) is 0 Å². The normalized spacial score (nSPS) is 23.4. The first-order valence-electron chi connectivity index (χ1n) is 13.2. The third kappa shape index (κ3) is 8.44. The first kappa shape index (κ1) is 29.4. The van der Waals surface area contributed by atoms with E-state index < -0.39 is 12.1 Å². The van der Waals surface area contributed by atoms with Crippen LogP contribution < -0.4 is 10.6 Å². The molecule has 1 aromatic heterocycles. The number of hydrogen-bond donors (Lipinski definition) is 3. The number of carbonyl (C=O) groups is 1. The molecule has 2 aromatic rings. The monoisotopic (exact) mass is 573 g/mol. The van der Waals surface area contributed by atoms with E-state index in [1.807, 2.05) is 12.1 Å². The number of nitrogens with zero attached hydrogens (tertiary/aromatic N) is 5. The second kappa shape index (κ2) is 13.2. The van der Waals surface area contributed by atoms with Crippen LogP contribution in [0.3, 0.4) is 0 Å². The topological polar surface area (TPSA) is 124 Å². The average Bonchev–Trinajstić information content (AvgIpc) is 3.58. The maximum Gasteiger partial charge on any atom is 0.490 e. The van der Waals surface area contributed by atoms with E-state index in [4.69, 9.17) is 32.0 Å². The van der Waals surface area contributed by atoms with Crippen LogP contribution in [0.5, 0.6) is 0 Å². The van der Waals surface area contributed by atoms with Crippen molar-refractivity contribution in [2.75, 3.05) is 56.5 Å². The zero-order chi connectivity index (χ0) is 28.0. The number of rotatable bonds is 6. The van der Waals surface area contributed by atoms with E-state index in [0.717, 1.165) is 63.0 Å². The first-order valence-corrected chi connectivity index (χ1v) is 13.5. The molecule has 10 nitrogen and oxygen atoms in total. The van der Waals surface area contributed by atoms with Gasteiger partial charge in [0.25, 0.3) is 0 Å². The lowest BCUT2D eigenvalue weighted by Gasteiger charge is -2.47. The van der Waals surface area contributed by atoms with Gasteiger partial charge in [0, 0.05) is 43.3 Å². The summed E-state index contributed by atoms with van der Waals surface area (Å²) in [5, 5.41) is 16.0. The number of nitrogen functional groups attached to an aromatic ring is 1. The number of aromatic nitrogens is 3. The van der Waals surface area contributed by atoms with E-state index in [1.165, 1.54) is 31.5 Å². The van der Waals surface area contributed by atoms with Crippen molar-refractivity contribution in [1.82, 2.24) is 25.0 Å². The molecule has 4 heterocycles. The Balaban J connectivity index is 0.000000448. The molecule has 5 rings (SSSR count). The molecule has 1 aromatic carbocycles. The Morgan fingerprint density at radius 2 is 1.77 bits per heavy atom. The molecule has 0 amide bonds. The lowest BCUT2D eigenvalue weighted by molar-refractivity contribution is -0.192. The molecule has 3 aliphatic rings. The van der Waals surface area contributed by atoms with E-state index in [1.54, 1.807) is 0 Å². The van der Waals surface area contributed by atoms with E-state index in [9.17, 15) is 13.2 Å². The summed E-state index contributed by atoms with van der Waals surface area (Å²) in [5.74, 6) is -1.59. The van der Waals surface area contributed by atoms with Crippen molar-refractivity contribution in [1.29, 1.82) is 0 Å². The van der Waals surface area contributed by atoms with Gasteiger partial charge in [-0.2, -0.15) is 13.2 Å². The number of morpholine rings is 1. The molecule has 0 spiro atoms. The largest absolute Gasteiger partial charge is 0.490 e. The van der Waals surface area contributed by atoms with Gasteiger partial charge in [0.15, 0.2) is 0 Å². The SMILES string of the molecule is Nc1nnc(N2CCC(N3C[C@H](CN4CCCC4)OC[C@@H]3Cc3ccc(Cl)cc3)CC2)[nH]1.O=C(O)C(F)(F)F. The van der Waals surface area contributed by atoms with Crippen LogP contribution in [-0.2, 0) is 16.0 Å². The number of halogens is 4. The fourth-order valence-electron chi connectivity index (χ4n) is 5.48. The van der Waals surface area contributed by atoms with Gasteiger partial charge < -0.3 is 25.4 Å². The minimum Gasteiger partial charge on any atom is -0.475 e. The molecule has 216 valence electrons. The molecular weight excluding hydrogens is 539 g/mol. The molecule has 3 fully saturated rings. The molecule has 3 saturated heterocycles. The molecule has 0 aliphatic carbocycles. The Bertz CT molecular complexity index is 1060. The van der Waals surface area contributed by atoms with Gasteiger partial charge in [0.2, 0.25) is 11.9 Å². The fourth-order valence-corrected chi connectivity index (χ4v) is 5.60. The number of H-pyrrole nitrogens is 1. The summed E-state index contributed by atoms with van der Waals surface area (Å²) >= 11 is 6.11. The predicted molar refractivity (Wildman–Crippen MR) is 141 cm³/mol. The number of aromatic amines is 1. The van der Waals surface area contributed by atoms with E-state index in [-0.39, 0.29) is 0 Å². The van der Waals surface area contributed by atoms with Crippen LogP contribution in [0.2, 0.25) is 5.02 Å². The number of carboxylic acid groups (broad SMARTS) is 1. The maximum atomic E-state index is 10.6. The Labute approximate surface area is 230 Å². The number of aliphatic carboxylic acids is 1. The van der Waals surface area contributed by atoms with Gasteiger partial charge in [-0.05, 0) is 62.9 Å². The predicted octanol–water partition coefficient (Wildman–Crippen LogP) is 3.05. The highest BCUT2D eigenvalue weighted by molar-refractivity contribution is 6.30. The average molecular weight is 574 g/mol. The van der Waals surface area contributed by atoms with Gasteiger partial charge in [-0.25, -0.2) is 4.79 Å². The summed E-state index contributed by atoms with van der Waals surface area (Å²) in [6.07, 6.45) is 1.05. The molecule has 4 N–H and O–H groups in total. The molecule has 0 unspecified atom stereocenters. The number of anilines is 2. The second-order valence-electron chi connectivity index (χ2n) is 10.2. The van der Waals surface area contributed by atoms with Crippen molar-refractivity contribution >= 4 is 29.5 Å². The van der Waals surface area contributed by atoms with Crippen LogP contribution in [0, 0.1) is 0 Å². The zero-order valence-corrected chi connectivity index (χ0v) is 22.4. The molecule has 2 atom stereocenters. The molecule has 39 heavy (non-hydrogen) atoms. The minimum absolute atomic E-state index is 0.293. The Morgan fingerprint density at radius 3 is 2.33 bits per heavy atom. The third-order valence-corrected chi connectivity index (χ3v) is 7.67. The lowest BCUT2D eigenvalue weighted by atomic mass is 9.96. The summed E-state index contributed by atoms with van der Waals surface area (Å²) in [6.45, 7) is 7.21. The molecule has 0 saturated carbocycles. The first-order chi connectivity index (χ1) is 18.6. The quantitative estimate of drug-likeness (QED) is 0.478. The summed E-state index contributed by atoms with van der Waals surface area (Å²) in [5.41, 5.74) is 7.04. The van der Waals surface area contributed by atoms with Crippen LogP contribution in [0.15, 0.2) is 24.3 Å². The fraction of sp³-hybridized carbons (Fsp3) is 0.640. The zero-order valence-electron chi connectivity index (χ0n) is 21.6. The second-order valence-corrected chi connectivity index (χ2v) is 10.6. The van der Waals surface area contributed by atoms with Gasteiger partial charge >= 0.3 is 12.1 Å². The van der Waals surface area contributed by atoms with Gasteiger partial charge in [-0.3, -0.25) is 9.88 Å². The maximum absolute atomic E-state index is 10.6. The number of nitrogens with one attached hydrogen (secondary N) is 1. The standard InChI is InChI=1S/C23H34ClN7O.C2HF3O2/c24-18-5-3-17(4-6-18)13-20-16-32-21(14-29-9-1-2-10-29)15-31(20)19-7-11-30(12-8-19)23-26-22(25)27-28-23;3-2(4,5)1(6)7/h3-6,19-21H,1-2,7-16H2,(H3,25,26,27,28);(H,6,7)/t20-,21-;/m0./s1. The van der Waals surface area contributed by atoms with Crippen LogP contribution in [-0.4, -0.2) is 106 Å².